The van der Waals surface area contributed by atoms with Crippen LogP contribution in [0.2, 0.25) is 0 Å². The summed E-state index contributed by atoms with van der Waals surface area (Å²) in [5.74, 6) is 1.18. The average molecular weight is 283 g/mol. The van der Waals surface area contributed by atoms with Crippen molar-refractivity contribution in [2.75, 3.05) is 18.0 Å². The number of fused-ring (bicyclic) bond motifs is 1. The van der Waals surface area contributed by atoms with Gasteiger partial charge in [-0.15, -0.1) is 0 Å². The van der Waals surface area contributed by atoms with Crippen molar-refractivity contribution in [2.45, 2.75) is 45.7 Å². The van der Waals surface area contributed by atoms with E-state index in [0.29, 0.717) is 6.04 Å². The second-order valence-corrected chi connectivity index (χ2v) is 5.86. The van der Waals surface area contributed by atoms with Gasteiger partial charge in [-0.3, -0.25) is 0 Å². The largest absolute Gasteiger partial charge is 0.353 e. The van der Waals surface area contributed by atoms with E-state index in [1.54, 1.807) is 0 Å². The molecule has 0 unspecified atom stereocenters. The molecule has 0 amide bonds. The first-order valence-electron chi connectivity index (χ1n) is 8.19. The standard InChI is InChI=1S/C18H25N3/c1-3-11-21(15-9-10-15)18-17-8-6-5-7-16(17)14(13-20-18)12-19-4-2/h5-8,13,15,19H,3-4,9-12H2,1-2H3. The average Bonchev–Trinajstić information content (AvgIpc) is 3.35. The Kier molecular flexibility index (Phi) is 4.39. The maximum absolute atomic E-state index is 4.83. The third-order valence-electron chi connectivity index (χ3n) is 4.15. The molecule has 0 bridgehead atoms. The third kappa shape index (κ3) is 3.03. The number of hydrogen-bond donors (Lipinski definition) is 1. The molecule has 0 radical (unpaired) electrons. The van der Waals surface area contributed by atoms with E-state index in [9.17, 15) is 0 Å². The summed E-state index contributed by atoms with van der Waals surface area (Å²) in [7, 11) is 0. The second kappa shape index (κ2) is 6.44. The number of benzene rings is 1. The van der Waals surface area contributed by atoms with E-state index in [1.807, 2.05) is 0 Å². The zero-order valence-electron chi connectivity index (χ0n) is 13.1. The van der Waals surface area contributed by atoms with Gasteiger partial charge in [0.1, 0.15) is 5.82 Å². The Hall–Kier alpha value is -1.61. The Morgan fingerprint density at radius 2 is 1.95 bits per heavy atom. The van der Waals surface area contributed by atoms with Gasteiger partial charge in [-0.2, -0.15) is 0 Å². The lowest BCUT2D eigenvalue weighted by Gasteiger charge is -2.25. The fourth-order valence-electron chi connectivity index (χ4n) is 2.95. The molecule has 1 saturated carbocycles. The highest BCUT2D eigenvalue weighted by molar-refractivity contribution is 5.94. The monoisotopic (exact) mass is 283 g/mol. The van der Waals surface area contributed by atoms with E-state index in [4.69, 9.17) is 4.98 Å². The van der Waals surface area contributed by atoms with Crippen LogP contribution in [-0.2, 0) is 6.54 Å². The van der Waals surface area contributed by atoms with Crippen molar-refractivity contribution in [2.24, 2.45) is 0 Å². The first kappa shape index (κ1) is 14.3. The molecule has 2 aromatic rings. The number of pyridine rings is 1. The summed E-state index contributed by atoms with van der Waals surface area (Å²) in [6.07, 6.45) is 5.86. The van der Waals surface area contributed by atoms with Gasteiger partial charge in [-0.25, -0.2) is 4.98 Å². The maximum Gasteiger partial charge on any atom is 0.136 e. The van der Waals surface area contributed by atoms with Gasteiger partial charge in [-0.1, -0.05) is 38.1 Å². The number of rotatable bonds is 7. The molecule has 1 N–H and O–H groups in total. The Morgan fingerprint density at radius 3 is 2.62 bits per heavy atom. The van der Waals surface area contributed by atoms with Crippen molar-refractivity contribution in [3.05, 3.63) is 36.0 Å². The molecule has 21 heavy (non-hydrogen) atoms. The zero-order chi connectivity index (χ0) is 14.7. The fraction of sp³-hybridized carbons (Fsp3) is 0.500. The first-order chi connectivity index (χ1) is 10.3. The van der Waals surface area contributed by atoms with Crippen molar-refractivity contribution in [3.8, 4) is 0 Å². The smallest absolute Gasteiger partial charge is 0.136 e. The summed E-state index contributed by atoms with van der Waals surface area (Å²) < 4.78 is 0. The van der Waals surface area contributed by atoms with Crippen LogP contribution >= 0.6 is 0 Å². The molecule has 0 aliphatic heterocycles. The minimum Gasteiger partial charge on any atom is -0.353 e. The zero-order valence-corrected chi connectivity index (χ0v) is 13.1. The van der Waals surface area contributed by atoms with E-state index in [1.165, 1.54) is 41.4 Å². The highest BCUT2D eigenvalue weighted by atomic mass is 15.2. The minimum absolute atomic E-state index is 0.709. The molecule has 112 valence electrons. The molecule has 3 rings (SSSR count). The molecule has 1 aliphatic rings. The molecule has 0 atom stereocenters. The summed E-state index contributed by atoms with van der Waals surface area (Å²) in [6, 6.07) is 9.41. The van der Waals surface area contributed by atoms with E-state index in [-0.39, 0.29) is 0 Å². The van der Waals surface area contributed by atoms with Crippen molar-refractivity contribution in [1.82, 2.24) is 10.3 Å². The number of hydrogen-bond acceptors (Lipinski definition) is 3. The normalized spacial score (nSPS) is 14.6. The molecule has 1 heterocycles. The lowest BCUT2D eigenvalue weighted by Crippen LogP contribution is -2.27. The van der Waals surface area contributed by atoms with Gasteiger partial charge >= 0.3 is 0 Å². The van der Waals surface area contributed by atoms with Crippen molar-refractivity contribution >= 4 is 16.6 Å². The van der Waals surface area contributed by atoms with Crippen LogP contribution in [-0.4, -0.2) is 24.1 Å². The van der Waals surface area contributed by atoms with Gasteiger partial charge in [0.05, 0.1) is 0 Å². The predicted octanol–water partition coefficient (Wildman–Crippen LogP) is 3.72. The molecule has 1 aromatic carbocycles. The number of nitrogens with one attached hydrogen (secondary N) is 1. The van der Waals surface area contributed by atoms with Crippen LogP contribution in [0.25, 0.3) is 10.8 Å². The Balaban J connectivity index is 2.03. The van der Waals surface area contributed by atoms with Crippen LogP contribution in [0.4, 0.5) is 5.82 Å². The van der Waals surface area contributed by atoms with Gasteiger partial charge in [0.15, 0.2) is 0 Å². The van der Waals surface area contributed by atoms with E-state index in [0.717, 1.165) is 19.6 Å². The molecular formula is C18H25N3. The van der Waals surface area contributed by atoms with Crippen molar-refractivity contribution < 1.29 is 0 Å². The van der Waals surface area contributed by atoms with Crippen LogP contribution in [0.1, 0.15) is 38.7 Å². The highest BCUT2D eigenvalue weighted by Gasteiger charge is 2.30. The van der Waals surface area contributed by atoms with Crippen LogP contribution in [0.15, 0.2) is 30.5 Å². The van der Waals surface area contributed by atoms with E-state index >= 15 is 0 Å². The SMILES string of the molecule is CCCN(c1ncc(CNCC)c2ccccc12)C1CC1. The highest BCUT2D eigenvalue weighted by Crippen LogP contribution is 2.35. The van der Waals surface area contributed by atoms with Crippen LogP contribution in [0, 0.1) is 0 Å². The Bertz CT molecular complexity index is 604. The lowest BCUT2D eigenvalue weighted by molar-refractivity contribution is 0.725. The first-order valence-corrected chi connectivity index (χ1v) is 8.19. The molecular weight excluding hydrogens is 258 g/mol. The summed E-state index contributed by atoms with van der Waals surface area (Å²) in [5.41, 5.74) is 1.29. The van der Waals surface area contributed by atoms with E-state index in [2.05, 4.69) is 54.5 Å². The molecule has 1 aliphatic carbocycles. The summed E-state index contributed by atoms with van der Waals surface area (Å²) >= 11 is 0. The van der Waals surface area contributed by atoms with Crippen LogP contribution in [0.3, 0.4) is 0 Å². The van der Waals surface area contributed by atoms with Crippen LogP contribution in [0.5, 0.6) is 0 Å². The fourth-order valence-corrected chi connectivity index (χ4v) is 2.95. The summed E-state index contributed by atoms with van der Waals surface area (Å²) in [4.78, 5) is 7.34. The third-order valence-corrected chi connectivity index (χ3v) is 4.15. The molecule has 1 fully saturated rings. The van der Waals surface area contributed by atoms with Crippen molar-refractivity contribution in [1.29, 1.82) is 0 Å². The Labute approximate surface area is 127 Å². The quantitative estimate of drug-likeness (QED) is 0.839. The van der Waals surface area contributed by atoms with E-state index < -0.39 is 0 Å². The number of aromatic nitrogens is 1. The number of nitrogens with zero attached hydrogens (tertiary/aromatic N) is 2. The van der Waals surface area contributed by atoms with Crippen molar-refractivity contribution in [3.63, 3.8) is 0 Å². The molecule has 1 aromatic heterocycles. The van der Waals surface area contributed by atoms with Crippen LogP contribution < -0.4 is 10.2 Å². The molecule has 3 nitrogen and oxygen atoms in total. The minimum atomic E-state index is 0.709. The Morgan fingerprint density at radius 1 is 1.19 bits per heavy atom. The molecule has 0 saturated heterocycles. The summed E-state index contributed by atoms with van der Waals surface area (Å²) in [6.45, 7) is 7.37. The van der Waals surface area contributed by atoms with Gasteiger partial charge < -0.3 is 10.2 Å². The summed E-state index contributed by atoms with van der Waals surface area (Å²) in [5, 5.41) is 6.05. The van der Waals surface area contributed by atoms with Gasteiger partial charge in [0.25, 0.3) is 0 Å². The van der Waals surface area contributed by atoms with Gasteiger partial charge in [0, 0.05) is 30.7 Å². The lowest BCUT2D eigenvalue weighted by atomic mass is 10.1. The second-order valence-electron chi connectivity index (χ2n) is 5.86. The molecule has 3 heteroatoms. The van der Waals surface area contributed by atoms with Gasteiger partial charge in [0.2, 0.25) is 0 Å². The predicted molar refractivity (Wildman–Crippen MR) is 89.8 cm³/mol. The van der Waals surface area contributed by atoms with Gasteiger partial charge in [-0.05, 0) is 36.8 Å². The number of anilines is 1. The maximum atomic E-state index is 4.83. The molecule has 0 spiro atoms. The topological polar surface area (TPSA) is 28.2 Å².